The minimum atomic E-state index is 0.421. The fourth-order valence-corrected chi connectivity index (χ4v) is 1.71. The Bertz CT molecular complexity index is 691. The molecule has 2 radical (unpaired) electrons. The van der Waals surface area contributed by atoms with Gasteiger partial charge in [-0.1, -0.05) is 17.6 Å². The number of hydrogen-bond acceptors (Lipinski definition) is 4. The van der Waals surface area contributed by atoms with Crippen molar-refractivity contribution in [3.8, 4) is 5.69 Å². The molecule has 2 heterocycles. The molecule has 0 saturated heterocycles. The summed E-state index contributed by atoms with van der Waals surface area (Å²) >= 11 is 0. The average molecular weight is 221 g/mol. The second-order valence-corrected chi connectivity index (χ2v) is 3.65. The van der Waals surface area contributed by atoms with E-state index in [9.17, 15) is 0 Å². The summed E-state index contributed by atoms with van der Waals surface area (Å²) in [7, 11) is 5.74. The summed E-state index contributed by atoms with van der Waals surface area (Å²) in [6.07, 6.45) is 3.07. The molecule has 0 aliphatic carbocycles. The quantitative estimate of drug-likeness (QED) is 0.595. The lowest BCUT2D eigenvalue weighted by Gasteiger charge is -2.03. The van der Waals surface area contributed by atoms with E-state index in [1.165, 1.54) is 6.33 Å². The molecule has 6 heteroatoms. The van der Waals surface area contributed by atoms with Crippen molar-refractivity contribution in [2.75, 3.05) is 5.73 Å². The summed E-state index contributed by atoms with van der Waals surface area (Å²) in [6.45, 7) is 0. The zero-order chi connectivity index (χ0) is 11.8. The van der Waals surface area contributed by atoms with Crippen LogP contribution in [-0.4, -0.2) is 27.6 Å². The van der Waals surface area contributed by atoms with Crippen molar-refractivity contribution in [1.82, 2.24) is 19.7 Å². The van der Waals surface area contributed by atoms with Gasteiger partial charge in [0.1, 0.15) is 20.0 Å². The van der Waals surface area contributed by atoms with Crippen LogP contribution in [-0.2, 0) is 0 Å². The minimum absolute atomic E-state index is 0.421. The highest BCUT2D eigenvalue weighted by Gasteiger charge is 2.08. The van der Waals surface area contributed by atoms with E-state index in [2.05, 4.69) is 15.1 Å². The number of benzene rings is 1. The summed E-state index contributed by atoms with van der Waals surface area (Å²) in [4.78, 5) is 8.10. The molecule has 0 spiro atoms. The molecule has 3 aromatic rings. The zero-order valence-electron chi connectivity index (χ0n) is 8.91. The van der Waals surface area contributed by atoms with Crippen LogP contribution in [0.5, 0.6) is 0 Å². The summed E-state index contributed by atoms with van der Waals surface area (Å²) < 4.78 is 1.68. The molecule has 2 aromatic heterocycles. The van der Waals surface area contributed by atoms with Gasteiger partial charge in [0.25, 0.3) is 0 Å². The number of hydrogen-bond donors (Lipinski definition) is 1. The molecule has 2 N–H and O–H groups in total. The molecule has 17 heavy (non-hydrogen) atoms. The van der Waals surface area contributed by atoms with Crippen molar-refractivity contribution in [2.45, 2.75) is 0 Å². The summed E-state index contributed by atoms with van der Waals surface area (Å²) in [5.41, 5.74) is 7.94. The van der Waals surface area contributed by atoms with Crippen LogP contribution in [0.2, 0.25) is 0 Å². The molecule has 0 saturated carbocycles. The normalized spacial score (nSPS) is 10.8. The minimum Gasteiger partial charge on any atom is -0.383 e. The lowest BCUT2D eigenvalue weighted by Crippen LogP contribution is -2.05. The van der Waals surface area contributed by atoms with Gasteiger partial charge < -0.3 is 5.73 Å². The highest BCUT2D eigenvalue weighted by atomic mass is 15.3. The van der Waals surface area contributed by atoms with E-state index in [-0.39, 0.29) is 0 Å². The molecule has 80 valence electrons. The van der Waals surface area contributed by atoms with Gasteiger partial charge >= 0.3 is 0 Å². The highest BCUT2D eigenvalue weighted by Crippen LogP contribution is 2.18. The Morgan fingerprint density at radius 3 is 2.94 bits per heavy atom. The Morgan fingerprint density at radius 2 is 2.12 bits per heavy atom. The predicted octanol–water partition coefficient (Wildman–Crippen LogP) is 0.191. The van der Waals surface area contributed by atoms with E-state index < -0.39 is 0 Å². The summed E-state index contributed by atoms with van der Waals surface area (Å²) in [6, 6.07) is 7.41. The Hall–Kier alpha value is -2.37. The maximum absolute atomic E-state index is 5.75. The van der Waals surface area contributed by atoms with E-state index in [0.29, 0.717) is 16.9 Å². The Morgan fingerprint density at radius 1 is 1.24 bits per heavy atom. The van der Waals surface area contributed by atoms with Crippen molar-refractivity contribution in [1.29, 1.82) is 0 Å². The van der Waals surface area contributed by atoms with Crippen molar-refractivity contribution >= 4 is 30.2 Å². The number of rotatable bonds is 1. The Labute approximate surface area is 98.7 Å². The number of nitrogens with zero attached hydrogens (tertiary/aromatic N) is 4. The third kappa shape index (κ3) is 1.54. The molecule has 0 aliphatic heterocycles. The Kier molecular flexibility index (Phi) is 2.07. The van der Waals surface area contributed by atoms with Crippen LogP contribution >= 0.6 is 0 Å². The number of nitrogen functional groups attached to an aromatic ring is 1. The standard InChI is InChI=1S/C11H8BN5/c12-7-2-1-3-8(4-7)17-11-9(5-16-17)10(13)14-6-15-11/h1-6H,(H2,13,14,15). The predicted molar refractivity (Wildman–Crippen MR) is 66.5 cm³/mol. The second kappa shape index (κ2) is 3.59. The highest BCUT2D eigenvalue weighted by molar-refractivity contribution is 6.32. The third-order valence-electron chi connectivity index (χ3n) is 2.51. The lowest BCUT2D eigenvalue weighted by molar-refractivity contribution is 0.896. The molecular formula is C11H8BN5. The maximum atomic E-state index is 5.75. The zero-order valence-corrected chi connectivity index (χ0v) is 8.91. The fourth-order valence-electron chi connectivity index (χ4n) is 1.71. The van der Waals surface area contributed by atoms with Crippen LogP contribution in [0.4, 0.5) is 5.82 Å². The van der Waals surface area contributed by atoms with Gasteiger partial charge in [0.05, 0.1) is 17.3 Å². The van der Waals surface area contributed by atoms with Crippen LogP contribution in [0.25, 0.3) is 16.7 Å². The maximum Gasteiger partial charge on any atom is 0.168 e. The topological polar surface area (TPSA) is 69.6 Å². The van der Waals surface area contributed by atoms with Crippen molar-refractivity contribution in [2.24, 2.45) is 0 Å². The number of nitrogens with two attached hydrogens (primary N) is 1. The molecule has 0 bridgehead atoms. The van der Waals surface area contributed by atoms with Gasteiger partial charge in [-0.15, -0.1) is 0 Å². The van der Waals surface area contributed by atoms with Crippen LogP contribution < -0.4 is 11.2 Å². The van der Waals surface area contributed by atoms with Crippen LogP contribution in [0.3, 0.4) is 0 Å². The van der Waals surface area contributed by atoms with Gasteiger partial charge in [-0.25, -0.2) is 14.6 Å². The van der Waals surface area contributed by atoms with E-state index in [1.54, 1.807) is 10.9 Å². The van der Waals surface area contributed by atoms with Crippen LogP contribution in [0.1, 0.15) is 0 Å². The number of anilines is 1. The van der Waals surface area contributed by atoms with Crippen LogP contribution in [0, 0.1) is 0 Å². The molecule has 3 rings (SSSR count). The first-order chi connectivity index (χ1) is 8.25. The summed E-state index contributed by atoms with van der Waals surface area (Å²) in [5, 5.41) is 4.98. The lowest BCUT2D eigenvalue weighted by atomic mass is 9.96. The number of fused-ring (bicyclic) bond motifs is 1. The van der Waals surface area contributed by atoms with Crippen molar-refractivity contribution in [3.63, 3.8) is 0 Å². The van der Waals surface area contributed by atoms with Gasteiger partial charge in [0.15, 0.2) is 5.65 Å². The van der Waals surface area contributed by atoms with Gasteiger partial charge in [0.2, 0.25) is 0 Å². The Balaban J connectivity index is 2.28. The van der Waals surface area contributed by atoms with Gasteiger partial charge in [0, 0.05) is 0 Å². The van der Waals surface area contributed by atoms with E-state index in [4.69, 9.17) is 13.6 Å². The summed E-state index contributed by atoms with van der Waals surface area (Å²) in [5.74, 6) is 0.421. The molecule has 0 amide bonds. The van der Waals surface area contributed by atoms with E-state index >= 15 is 0 Å². The first-order valence-corrected chi connectivity index (χ1v) is 5.06. The second-order valence-electron chi connectivity index (χ2n) is 3.65. The molecule has 5 nitrogen and oxygen atoms in total. The largest absolute Gasteiger partial charge is 0.383 e. The molecule has 1 aromatic carbocycles. The first kappa shape index (κ1) is 9.83. The van der Waals surface area contributed by atoms with E-state index in [0.717, 1.165) is 11.1 Å². The van der Waals surface area contributed by atoms with Gasteiger partial charge in [-0.3, -0.25) is 0 Å². The van der Waals surface area contributed by atoms with Crippen LogP contribution in [0.15, 0.2) is 36.8 Å². The SMILES string of the molecule is [B]c1cccc(-n2ncc3c(N)ncnc32)c1. The first-order valence-electron chi connectivity index (χ1n) is 5.06. The molecule has 0 unspecified atom stereocenters. The molecule has 0 fully saturated rings. The van der Waals surface area contributed by atoms with Gasteiger partial charge in [-0.05, 0) is 12.1 Å². The monoisotopic (exact) mass is 221 g/mol. The molecule has 0 aliphatic rings. The van der Waals surface area contributed by atoms with Crippen molar-refractivity contribution in [3.05, 3.63) is 36.8 Å². The van der Waals surface area contributed by atoms with E-state index in [1.807, 2.05) is 24.3 Å². The third-order valence-corrected chi connectivity index (χ3v) is 2.51. The smallest absolute Gasteiger partial charge is 0.168 e. The molecule has 0 atom stereocenters. The fraction of sp³-hybridized carbons (Fsp3) is 0. The average Bonchev–Trinajstić information content (AvgIpc) is 2.74. The molecular weight excluding hydrogens is 213 g/mol. The van der Waals surface area contributed by atoms with Crippen molar-refractivity contribution < 1.29 is 0 Å². The number of aromatic nitrogens is 4. The van der Waals surface area contributed by atoms with Gasteiger partial charge in [-0.2, -0.15) is 5.10 Å².